The first-order valence-electron chi connectivity index (χ1n) is 9.30. The number of nitrogens with two attached hydrogens (primary N) is 2. The van der Waals surface area contributed by atoms with Gasteiger partial charge < -0.3 is 37.6 Å². The Morgan fingerprint density at radius 1 is 0.903 bits per heavy atom. The number of carbonyl (C=O) groups is 6. The molecule has 4 amide bonds. The molecule has 0 heterocycles. The fourth-order valence-corrected chi connectivity index (χ4v) is 2.59. The van der Waals surface area contributed by atoms with Crippen molar-refractivity contribution in [2.75, 3.05) is 5.75 Å². The highest BCUT2D eigenvalue weighted by molar-refractivity contribution is 7.80. The maximum absolute atomic E-state index is 12.5. The molecule has 0 radical (unpaired) electrons. The molecule has 176 valence electrons. The smallest absolute Gasteiger partial charge is 0.326 e. The van der Waals surface area contributed by atoms with Crippen LogP contribution in [0.3, 0.4) is 0 Å². The average Bonchev–Trinajstić information content (AvgIpc) is 2.66. The highest BCUT2D eigenvalue weighted by Crippen LogP contribution is 2.04. The van der Waals surface area contributed by atoms with Gasteiger partial charge in [-0.3, -0.25) is 24.0 Å². The molecule has 0 fully saturated rings. The molecule has 4 unspecified atom stereocenters. The van der Waals surface area contributed by atoms with Gasteiger partial charge in [0, 0.05) is 12.2 Å². The van der Waals surface area contributed by atoms with E-state index in [1.54, 1.807) is 13.8 Å². The molecular weight excluding hydrogens is 434 g/mol. The Morgan fingerprint density at radius 3 is 1.84 bits per heavy atom. The minimum Gasteiger partial charge on any atom is -0.481 e. The summed E-state index contributed by atoms with van der Waals surface area (Å²) in [4.78, 5) is 70.1. The van der Waals surface area contributed by atoms with Gasteiger partial charge in [-0.2, -0.15) is 12.6 Å². The van der Waals surface area contributed by atoms with Gasteiger partial charge >= 0.3 is 11.9 Å². The molecule has 0 saturated heterocycles. The summed E-state index contributed by atoms with van der Waals surface area (Å²) in [6, 6.07) is -5.23. The minimum absolute atomic E-state index is 0.209. The molecule has 0 aromatic carbocycles. The van der Waals surface area contributed by atoms with Crippen LogP contribution in [0.25, 0.3) is 0 Å². The fraction of sp³-hybridized carbons (Fsp3) is 0.647. The molecule has 14 heteroatoms. The van der Waals surface area contributed by atoms with Crippen LogP contribution in [0.1, 0.15) is 33.1 Å². The van der Waals surface area contributed by atoms with Gasteiger partial charge in [0.05, 0.1) is 12.5 Å². The molecule has 13 nitrogen and oxygen atoms in total. The van der Waals surface area contributed by atoms with Crippen LogP contribution in [0.2, 0.25) is 0 Å². The third-order valence-corrected chi connectivity index (χ3v) is 4.46. The van der Waals surface area contributed by atoms with E-state index in [1.807, 2.05) is 0 Å². The van der Waals surface area contributed by atoms with Crippen LogP contribution in [0.4, 0.5) is 0 Å². The lowest BCUT2D eigenvalue weighted by Gasteiger charge is -2.24. The first kappa shape index (κ1) is 28.1. The Hall–Kier alpha value is -2.87. The minimum atomic E-state index is -1.49. The van der Waals surface area contributed by atoms with Crippen LogP contribution in [0, 0.1) is 5.92 Å². The Labute approximate surface area is 184 Å². The fourth-order valence-electron chi connectivity index (χ4n) is 2.33. The van der Waals surface area contributed by atoms with E-state index in [2.05, 4.69) is 28.6 Å². The Bertz CT molecular complexity index is 702. The number of hydrogen-bond acceptors (Lipinski definition) is 8. The number of nitrogens with one attached hydrogen (secondary N) is 3. The zero-order chi connectivity index (χ0) is 24.3. The number of carboxylic acids is 2. The summed E-state index contributed by atoms with van der Waals surface area (Å²) in [5.74, 6) is -6.68. The standard InChI is InChI=1S/C17H29N5O8S/c1-7(2)13(17(29)30)22-16(28)10(6-31)21-15(27)9(5-11(19)23)20-14(26)8(18)3-4-12(24)25/h7-10,13,31H,3-6,18H2,1-2H3,(H2,19,23)(H,20,26)(H,21,27)(H,22,28)(H,24,25)(H,29,30). The maximum Gasteiger partial charge on any atom is 0.326 e. The van der Waals surface area contributed by atoms with E-state index < -0.39 is 72.1 Å². The molecule has 0 aliphatic heterocycles. The number of primary amides is 1. The van der Waals surface area contributed by atoms with Crippen LogP contribution in [-0.4, -0.2) is 75.7 Å². The normalized spacial score (nSPS) is 14.6. The summed E-state index contributed by atoms with van der Waals surface area (Å²) in [6.07, 6.45) is -1.21. The number of rotatable bonds is 14. The van der Waals surface area contributed by atoms with Crippen molar-refractivity contribution < 1.29 is 39.0 Å². The molecule has 4 atom stereocenters. The van der Waals surface area contributed by atoms with Crippen molar-refractivity contribution in [2.24, 2.45) is 17.4 Å². The number of hydrogen-bond donors (Lipinski definition) is 8. The van der Waals surface area contributed by atoms with Gasteiger partial charge in [0.25, 0.3) is 0 Å². The highest BCUT2D eigenvalue weighted by atomic mass is 32.1. The molecule has 0 aromatic heterocycles. The average molecular weight is 464 g/mol. The van der Waals surface area contributed by atoms with Gasteiger partial charge in [0.15, 0.2) is 0 Å². The van der Waals surface area contributed by atoms with Gasteiger partial charge in [-0.05, 0) is 12.3 Å². The second-order valence-electron chi connectivity index (χ2n) is 7.08. The van der Waals surface area contributed by atoms with Crippen molar-refractivity contribution in [3.8, 4) is 0 Å². The molecule has 0 spiro atoms. The predicted molar refractivity (Wildman–Crippen MR) is 111 cm³/mol. The van der Waals surface area contributed by atoms with Crippen LogP contribution in [0.5, 0.6) is 0 Å². The number of amides is 4. The first-order chi connectivity index (χ1) is 14.3. The highest BCUT2D eigenvalue weighted by Gasteiger charge is 2.31. The maximum atomic E-state index is 12.5. The molecule has 0 rings (SSSR count). The Balaban J connectivity index is 5.24. The van der Waals surface area contributed by atoms with Gasteiger partial charge in [-0.25, -0.2) is 4.79 Å². The third kappa shape index (κ3) is 10.6. The molecule has 31 heavy (non-hydrogen) atoms. The molecule has 0 aromatic rings. The monoisotopic (exact) mass is 463 g/mol. The van der Waals surface area contributed by atoms with E-state index in [0.29, 0.717) is 0 Å². The van der Waals surface area contributed by atoms with Crippen molar-refractivity contribution in [3.05, 3.63) is 0 Å². The van der Waals surface area contributed by atoms with Crippen molar-refractivity contribution >= 4 is 48.2 Å². The number of carboxylic acid groups (broad SMARTS) is 2. The lowest BCUT2D eigenvalue weighted by molar-refractivity contribution is -0.143. The number of aliphatic carboxylic acids is 2. The summed E-state index contributed by atoms with van der Waals surface area (Å²) in [6.45, 7) is 3.17. The largest absolute Gasteiger partial charge is 0.481 e. The second-order valence-corrected chi connectivity index (χ2v) is 7.45. The van der Waals surface area contributed by atoms with Gasteiger partial charge in [0.1, 0.15) is 18.1 Å². The Kier molecular flexibility index (Phi) is 12.2. The molecule has 0 aliphatic rings. The second kappa shape index (κ2) is 13.4. The van der Waals surface area contributed by atoms with E-state index in [-0.39, 0.29) is 18.6 Å². The van der Waals surface area contributed by atoms with E-state index in [4.69, 9.17) is 16.6 Å². The summed E-state index contributed by atoms with van der Waals surface area (Å²) in [5.41, 5.74) is 10.7. The molecule has 0 aliphatic carbocycles. The zero-order valence-corrected chi connectivity index (χ0v) is 18.1. The van der Waals surface area contributed by atoms with Gasteiger partial charge in [-0.15, -0.1) is 0 Å². The predicted octanol–water partition coefficient (Wildman–Crippen LogP) is -2.82. The first-order valence-corrected chi connectivity index (χ1v) is 9.93. The van der Waals surface area contributed by atoms with Crippen LogP contribution < -0.4 is 27.4 Å². The lowest BCUT2D eigenvalue weighted by atomic mass is 10.0. The summed E-state index contributed by atoms with van der Waals surface area (Å²) < 4.78 is 0. The van der Waals surface area contributed by atoms with Crippen molar-refractivity contribution in [1.29, 1.82) is 0 Å². The van der Waals surface area contributed by atoms with Gasteiger partial charge in [0.2, 0.25) is 23.6 Å². The summed E-state index contributed by atoms with van der Waals surface area (Å²) in [7, 11) is 0. The molecule has 9 N–H and O–H groups in total. The van der Waals surface area contributed by atoms with E-state index in [0.717, 1.165) is 0 Å². The molecule has 0 bridgehead atoms. The lowest BCUT2D eigenvalue weighted by Crippen LogP contribution is -2.58. The zero-order valence-electron chi connectivity index (χ0n) is 17.2. The SMILES string of the molecule is CC(C)C(NC(=O)C(CS)NC(=O)C(CC(N)=O)NC(=O)C(N)CCC(=O)O)C(=O)O. The summed E-state index contributed by atoms with van der Waals surface area (Å²) in [5, 5.41) is 24.6. The van der Waals surface area contributed by atoms with Crippen LogP contribution in [0.15, 0.2) is 0 Å². The van der Waals surface area contributed by atoms with E-state index in [9.17, 15) is 33.9 Å². The number of carbonyl (C=O) groups excluding carboxylic acids is 4. The third-order valence-electron chi connectivity index (χ3n) is 4.09. The van der Waals surface area contributed by atoms with Crippen molar-refractivity contribution in [3.63, 3.8) is 0 Å². The van der Waals surface area contributed by atoms with Crippen molar-refractivity contribution in [2.45, 2.75) is 57.3 Å². The summed E-state index contributed by atoms with van der Waals surface area (Å²) >= 11 is 3.97. The van der Waals surface area contributed by atoms with Crippen molar-refractivity contribution in [1.82, 2.24) is 16.0 Å². The topological polar surface area (TPSA) is 231 Å². The van der Waals surface area contributed by atoms with E-state index in [1.165, 1.54) is 0 Å². The molecule has 0 saturated carbocycles. The van der Waals surface area contributed by atoms with E-state index >= 15 is 0 Å². The molecular formula is C17H29N5O8S. The van der Waals surface area contributed by atoms with Gasteiger partial charge in [-0.1, -0.05) is 13.8 Å². The number of thiol groups is 1. The quantitative estimate of drug-likeness (QED) is 0.124. The Morgan fingerprint density at radius 2 is 1.42 bits per heavy atom. The van der Waals surface area contributed by atoms with Crippen LogP contribution >= 0.6 is 12.6 Å². The van der Waals surface area contributed by atoms with Crippen LogP contribution in [-0.2, 0) is 28.8 Å².